The molecule has 3 fully saturated rings. The average molecular weight is 331 g/mol. The summed E-state index contributed by atoms with van der Waals surface area (Å²) in [6.45, 7) is 5.56. The van der Waals surface area contributed by atoms with E-state index in [0.29, 0.717) is 6.04 Å². The first-order chi connectivity index (χ1) is 12.3. The number of benzene rings is 2. The van der Waals surface area contributed by atoms with Gasteiger partial charge < -0.3 is 0 Å². The second kappa shape index (κ2) is 7.39. The minimum Gasteiger partial charge on any atom is -0.297 e. The second-order valence-corrected chi connectivity index (χ2v) is 7.52. The van der Waals surface area contributed by atoms with Gasteiger partial charge in [-0.25, -0.2) is 0 Å². The molecule has 2 atom stereocenters. The van der Waals surface area contributed by atoms with Crippen LogP contribution in [0.2, 0.25) is 0 Å². The van der Waals surface area contributed by atoms with Crippen LogP contribution in [-0.4, -0.2) is 35.5 Å². The van der Waals surface area contributed by atoms with Gasteiger partial charge in [0.05, 0.1) is 11.6 Å². The Morgan fingerprint density at radius 1 is 0.880 bits per heavy atom. The van der Waals surface area contributed by atoms with Gasteiger partial charge in [-0.3, -0.25) is 9.80 Å². The molecule has 2 bridgehead atoms. The van der Waals surface area contributed by atoms with Gasteiger partial charge in [-0.2, -0.15) is 5.26 Å². The molecule has 3 aliphatic rings. The molecule has 3 heteroatoms. The number of hydrogen-bond acceptors (Lipinski definition) is 3. The number of piperidine rings is 1. The maximum atomic E-state index is 9.11. The lowest BCUT2D eigenvalue weighted by atomic mass is 9.94. The van der Waals surface area contributed by atoms with Crippen LogP contribution in [0.25, 0.3) is 0 Å². The molecule has 128 valence electrons. The van der Waals surface area contributed by atoms with E-state index in [-0.39, 0.29) is 0 Å². The van der Waals surface area contributed by atoms with Gasteiger partial charge in [0.1, 0.15) is 0 Å². The lowest BCUT2D eigenvalue weighted by Crippen LogP contribution is -2.43. The van der Waals surface area contributed by atoms with Crippen molar-refractivity contribution in [2.45, 2.75) is 32.0 Å². The highest BCUT2D eigenvalue weighted by Gasteiger charge is 2.34. The molecule has 0 aliphatic carbocycles. The lowest BCUT2D eigenvalue weighted by molar-refractivity contribution is 0.123. The summed E-state index contributed by atoms with van der Waals surface area (Å²) in [5, 5.41) is 9.11. The summed E-state index contributed by atoms with van der Waals surface area (Å²) < 4.78 is 0. The van der Waals surface area contributed by atoms with Gasteiger partial charge in [0.2, 0.25) is 0 Å². The molecule has 0 N–H and O–H groups in total. The molecule has 0 amide bonds. The predicted octanol–water partition coefficient (Wildman–Crippen LogP) is 3.65. The molecule has 3 heterocycles. The molecule has 0 unspecified atom stereocenters. The maximum Gasteiger partial charge on any atom is 0.0991 e. The third kappa shape index (κ3) is 3.92. The number of nitrogens with zero attached hydrogens (tertiary/aromatic N) is 3. The number of fused-ring (bicyclic) bond motifs is 4. The van der Waals surface area contributed by atoms with E-state index in [9.17, 15) is 0 Å². The van der Waals surface area contributed by atoms with Gasteiger partial charge in [-0.1, -0.05) is 42.5 Å². The van der Waals surface area contributed by atoms with E-state index in [1.807, 2.05) is 18.2 Å². The summed E-state index contributed by atoms with van der Waals surface area (Å²) in [6, 6.07) is 21.8. The van der Waals surface area contributed by atoms with Gasteiger partial charge in [-0.05, 0) is 42.0 Å². The van der Waals surface area contributed by atoms with Gasteiger partial charge >= 0.3 is 0 Å². The monoisotopic (exact) mass is 331 g/mol. The number of nitriles is 1. The van der Waals surface area contributed by atoms with Crippen molar-refractivity contribution in [1.82, 2.24) is 9.80 Å². The summed E-state index contributed by atoms with van der Waals surface area (Å²) in [7, 11) is 0. The third-order valence-corrected chi connectivity index (χ3v) is 5.59. The highest BCUT2D eigenvalue weighted by molar-refractivity contribution is 5.32. The fraction of sp³-hybridized carbons (Fsp3) is 0.409. The van der Waals surface area contributed by atoms with Gasteiger partial charge in [0.25, 0.3) is 0 Å². The van der Waals surface area contributed by atoms with E-state index in [4.69, 9.17) is 5.26 Å². The second-order valence-electron chi connectivity index (χ2n) is 7.52. The van der Waals surface area contributed by atoms with Crippen molar-refractivity contribution in [2.24, 2.45) is 5.92 Å². The fourth-order valence-electron chi connectivity index (χ4n) is 4.41. The molecule has 0 aromatic heterocycles. The van der Waals surface area contributed by atoms with Crippen LogP contribution in [0.3, 0.4) is 0 Å². The fourth-order valence-corrected chi connectivity index (χ4v) is 4.41. The normalized spacial score (nSPS) is 24.0. The summed E-state index contributed by atoms with van der Waals surface area (Å²) in [5.74, 6) is 0.765. The largest absolute Gasteiger partial charge is 0.297 e. The highest BCUT2D eigenvalue weighted by Crippen LogP contribution is 2.30. The zero-order chi connectivity index (χ0) is 17.1. The molecule has 2 aromatic carbocycles. The lowest BCUT2D eigenvalue weighted by Gasteiger charge is -2.36. The first kappa shape index (κ1) is 16.3. The van der Waals surface area contributed by atoms with Gasteiger partial charge in [-0.15, -0.1) is 0 Å². The average Bonchev–Trinajstić information content (AvgIpc) is 2.93. The SMILES string of the molecule is N#Cc1cccc(CN2C[C@@H]3CC[C@H](C2)N(Cc2ccccc2)C3)c1. The Labute approximate surface area is 150 Å². The van der Waals surface area contributed by atoms with Crippen molar-refractivity contribution in [3.63, 3.8) is 0 Å². The molecule has 2 aromatic rings. The van der Waals surface area contributed by atoms with Crippen LogP contribution in [0.5, 0.6) is 0 Å². The summed E-state index contributed by atoms with van der Waals surface area (Å²) in [6.07, 6.45) is 2.66. The van der Waals surface area contributed by atoms with E-state index in [1.165, 1.54) is 37.1 Å². The maximum absolute atomic E-state index is 9.11. The molecule has 3 nitrogen and oxygen atoms in total. The van der Waals surface area contributed by atoms with Crippen molar-refractivity contribution in [2.75, 3.05) is 19.6 Å². The van der Waals surface area contributed by atoms with Gasteiger partial charge in [0.15, 0.2) is 0 Å². The van der Waals surface area contributed by atoms with Crippen molar-refractivity contribution in [3.8, 4) is 6.07 Å². The van der Waals surface area contributed by atoms with Crippen molar-refractivity contribution in [1.29, 1.82) is 5.26 Å². The molecular weight excluding hydrogens is 306 g/mol. The molecule has 3 saturated heterocycles. The molecule has 0 spiro atoms. The van der Waals surface area contributed by atoms with E-state index >= 15 is 0 Å². The Balaban J connectivity index is 1.45. The first-order valence-electron chi connectivity index (χ1n) is 9.29. The van der Waals surface area contributed by atoms with Gasteiger partial charge in [0, 0.05) is 38.8 Å². The van der Waals surface area contributed by atoms with E-state index in [0.717, 1.165) is 31.1 Å². The van der Waals surface area contributed by atoms with Crippen LogP contribution in [0.4, 0.5) is 0 Å². The van der Waals surface area contributed by atoms with Crippen molar-refractivity contribution < 1.29 is 0 Å². The van der Waals surface area contributed by atoms with Crippen LogP contribution >= 0.6 is 0 Å². The molecule has 5 rings (SSSR count). The van der Waals surface area contributed by atoms with E-state index in [1.54, 1.807) is 0 Å². The minimum absolute atomic E-state index is 0.651. The number of hydrogen-bond donors (Lipinski definition) is 0. The van der Waals surface area contributed by atoms with Crippen LogP contribution in [0, 0.1) is 17.2 Å². The molecule has 0 saturated carbocycles. The van der Waals surface area contributed by atoms with Crippen molar-refractivity contribution in [3.05, 3.63) is 71.3 Å². The van der Waals surface area contributed by atoms with Crippen LogP contribution in [0.1, 0.15) is 29.5 Å². The van der Waals surface area contributed by atoms with Crippen molar-refractivity contribution >= 4 is 0 Å². The molecule has 0 radical (unpaired) electrons. The van der Waals surface area contributed by atoms with E-state index in [2.05, 4.69) is 52.3 Å². The highest BCUT2D eigenvalue weighted by atomic mass is 15.3. The Morgan fingerprint density at radius 2 is 1.72 bits per heavy atom. The van der Waals surface area contributed by atoms with E-state index < -0.39 is 0 Å². The minimum atomic E-state index is 0.651. The summed E-state index contributed by atoms with van der Waals surface area (Å²) in [4.78, 5) is 5.29. The molecular formula is C22H25N3. The Morgan fingerprint density at radius 3 is 2.56 bits per heavy atom. The number of rotatable bonds is 4. The summed E-state index contributed by atoms with van der Waals surface area (Å²) >= 11 is 0. The topological polar surface area (TPSA) is 30.3 Å². The molecule has 25 heavy (non-hydrogen) atoms. The van der Waals surface area contributed by atoms with Crippen LogP contribution in [-0.2, 0) is 13.1 Å². The van der Waals surface area contributed by atoms with Crippen LogP contribution in [0.15, 0.2) is 54.6 Å². The zero-order valence-electron chi connectivity index (χ0n) is 14.6. The first-order valence-corrected chi connectivity index (χ1v) is 9.29. The summed E-state index contributed by atoms with van der Waals surface area (Å²) in [5.41, 5.74) is 3.44. The Bertz CT molecular complexity index is 749. The Hall–Kier alpha value is -2.15. The Kier molecular flexibility index (Phi) is 4.83. The third-order valence-electron chi connectivity index (χ3n) is 5.59. The van der Waals surface area contributed by atoms with Crippen LogP contribution < -0.4 is 0 Å². The molecule has 3 aliphatic heterocycles. The standard InChI is InChI=1S/C22H25N3/c23-12-19-7-4-8-20(11-19)13-24-14-21-9-10-22(17-24)25(16-21)15-18-5-2-1-3-6-18/h1-8,11,21-22H,9-10,13-17H2/t21-,22+/m0/s1. The quantitative estimate of drug-likeness (QED) is 0.856. The predicted molar refractivity (Wildman–Crippen MR) is 99.8 cm³/mol. The smallest absolute Gasteiger partial charge is 0.0991 e. The zero-order valence-corrected chi connectivity index (χ0v) is 14.6.